The molecule has 0 aromatic carbocycles. The Balaban J connectivity index is 2.06. The van der Waals surface area contributed by atoms with Gasteiger partial charge in [-0.25, -0.2) is 0 Å². The fourth-order valence-electron chi connectivity index (χ4n) is 2.00. The highest BCUT2D eigenvalue weighted by molar-refractivity contribution is 4.96. The monoisotopic (exact) mass is 196 g/mol. The van der Waals surface area contributed by atoms with Crippen molar-refractivity contribution in [1.82, 2.24) is 10.1 Å². The van der Waals surface area contributed by atoms with Gasteiger partial charge in [0.25, 0.3) is 0 Å². The van der Waals surface area contributed by atoms with Crippen LogP contribution in [-0.4, -0.2) is 21.4 Å². The highest BCUT2D eigenvalue weighted by Crippen LogP contribution is 2.34. The topological polar surface area (TPSA) is 59.2 Å². The van der Waals surface area contributed by atoms with Crippen molar-refractivity contribution in [3.63, 3.8) is 0 Å². The molecule has 0 spiro atoms. The number of aromatic nitrogens is 2. The Morgan fingerprint density at radius 2 is 2.21 bits per heavy atom. The highest BCUT2D eigenvalue weighted by atomic mass is 16.5. The van der Waals surface area contributed by atoms with Gasteiger partial charge in [0.05, 0.1) is 6.10 Å². The second-order valence-electron chi connectivity index (χ2n) is 4.23. The first-order valence-electron chi connectivity index (χ1n) is 5.15. The van der Waals surface area contributed by atoms with Crippen LogP contribution in [0.4, 0.5) is 0 Å². The lowest BCUT2D eigenvalue weighted by Gasteiger charge is -2.28. The molecule has 78 valence electrons. The van der Waals surface area contributed by atoms with Crippen LogP contribution in [-0.2, 0) is 0 Å². The summed E-state index contributed by atoms with van der Waals surface area (Å²) in [5.74, 6) is 2.01. The average Bonchev–Trinajstić information content (AvgIpc) is 2.57. The predicted molar refractivity (Wildman–Crippen MR) is 50.8 cm³/mol. The normalized spacial score (nSPS) is 33.2. The number of aliphatic hydroxyl groups excluding tert-OH is 1. The van der Waals surface area contributed by atoms with Crippen molar-refractivity contribution in [3.8, 4) is 0 Å². The fraction of sp³-hybridized carbons (Fsp3) is 0.800. The molecule has 1 N–H and O–H groups in total. The Morgan fingerprint density at radius 1 is 1.43 bits per heavy atom. The Hall–Kier alpha value is -0.900. The van der Waals surface area contributed by atoms with Crippen molar-refractivity contribution >= 4 is 0 Å². The van der Waals surface area contributed by atoms with Gasteiger partial charge in [0.2, 0.25) is 5.89 Å². The molecule has 0 bridgehead atoms. The third kappa shape index (κ3) is 1.80. The van der Waals surface area contributed by atoms with Crippen LogP contribution in [0, 0.1) is 12.8 Å². The van der Waals surface area contributed by atoms with Gasteiger partial charge in [-0.2, -0.15) is 4.98 Å². The smallest absolute Gasteiger partial charge is 0.229 e. The van der Waals surface area contributed by atoms with Gasteiger partial charge in [0.15, 0.2) is 5.82 Å². The van der Waals surface area contributed by atoms with Crippen LogP contribution in [0.1, 0.15) is 43.8 Å². The molecule has 0 radical (unpaired) electrons. The summed E-state index contributed by atoms with van der Waals surface area (Å²) >= 11 is 0. The quantitative estimate of drug-likeness (QED) is 0.741. The van der Waals surface area contributed by atoms with Crippen LogP contribution in [0.25, 0.3) is 0 Å². The van der Waals surface area contributed by atoms with E-state index in [2.05, 4.69) is 17.1 Å². The maximum absolute atomic E-state index is 9.73. The molecule has 1 saturated carbocycles. The molecule has 0 aliphatic heterocycles. The average molecular weight is 196 g/mol. The number of rotatable bonds is 1. The maximum Gasteiger partial charge on any atom is 0.229 e. The van der Waals surface area contributed by atoms with E-state index in [0.29, 0.717) is 17.6 Å². The fourth-order valence-corrected chi connectivity index (χ4v) is 2.00. The van der Waals surface area contributed by atoms with Crippen molar-refractivity contribution in [2.75, 3.05) is 0 Å². The number of hydrogen-bond acceptors (Lipinski definition) is 4. The molecule has 1 aromatic rings. The highest BCUT2D eigenvalue weighted by Gasteiger charge is 2.30. The molecule has 0 amide bonds. The van der Waals surface area contributed by atoms with E-state index in [9.17, 15) is 5.11 Å². The van der Waals surface area contributed by atoms with Crippen molar-refractivity contribution < 1.29 is 9.63 Å². The third-order valence-electron chi connectivity index (χ3n) is 3.05. The van der Waals surface area contributed by atoms with Gasteiger partial charge in [-0.1, -0.05) is 12.1 Å². The van der Waals surface area contributed by atoms with Crippen LogP contribution < -0.4 is 0 Å². The summed E-state index contributed by atoms with van der Waals surface area (Å²) in [5, 5.41) is 13.5. The van der Waals surface area contributed by atoms with E-state index >= 15 is 0 Å². The molecule has 1 aliphatic rings. The lowest BCUT2D eigenvalue weighted by Crippen LogP contribution is -2.26. The van der Waals surface area contributed by atoms with Crippen molar-refractivity contribution in [1.29, 1.82) is 0 Å². The van der Waals surface area contributed by atoms with E-state index in [0.717, 1.165) is 19.3 Å². The Bertz CT molecular complexity index is 311. The van der Waals surface area contributed by atoms with Gasteiger partial charge in [-0.15, -0.1) is 0 Å². The zero-order chi connectivity index (χ0) is 10.1. The molecule has 14 heavy (non-hydrogen) atoms. The van der Waals surface area contributed by atoms with Gasteiger partial charge in [-0.05, 0) is 32.1 Å². The van der Waals surface area contributed by atoms with Crippen LogP contribution >= 0.6 is 0 Å². The minimum Gasteiger partial charge on any atom is -0.393 e. The van der Waals surface area contributed by atoms with Gasteiger partial charge in [0.1, 0.15) is 0 Å². The van der Waals surface area contributed by atoms with Gasteiger partial charge >= 0.3 is 0 Å². The molecule has 3 unspecified atom stereocenters. The SMILES string of the molecule is Cc1noc(C2CCC(C)C(O)C2)n1. The van der Waals surface area contributed by atoms with Gasteiger partial charge in [0, 0.05) is 5.92 Å². The molecule has 0 saturated heterocycles. The Kier molecular flexibility index (Phi) is 2.54. The summed E-state index contributed by atoms with van der Waals surface area (Å²) < 4.78 is 5.12. The Morgan fingerprint density at radius 3 is 2.79 bits per heavy atom. The van der Waals surface area contributed by atoms with Crippen molar-refractivity contribution in [3.05, 3.63) is 11.7 Å². The van der Waals surface area contributed by atoms with Crippen molar-refractivity contribution in [2.45, 2.75) is 45.1 Å². The Labute approximate surface area is 83.3 Å². The molecule has 1 fully saturated rings. The molecule has 1 aliphatic carbocycles. The molecule has 1 heterocycles. The number of hydrogen-bond donors (Lipinski definition) is 1. The lowest BCUT2D eigenvalue weighted by atomic mass is 9.81. The summed E-state index contributed by atoms with van der Waals surface area (Å²) in [4.78, 5) is 4.20. The van der Waals surface area contributed by atoms with Gasteiger partial charge < -0.3 is 9.63 Å². The standard InChI is InChI=1S/C10H16N2O2/c1-6-3-4-8(5-9(6)13)10-11-7(2)12-14-10/h6,8-9,13H,3-5H2,1-2H3. The largest absolute Gasteiger partial charge is 0.393 e. The number of nitrogens with zero attached hydrogens (tertiary/aromatic N) is 2. The van der Waals surface area contributed by atoms with Crippen LogP contribution in [0.15, 0.2) is 4.52 Å². The summed E-state index contributed by atoms with van der Waals surface area (Å²) in [5.41, 5.74) is 0. The summed E-state index contributed by atoms with van der Waals surface area (Å²) in [7, 11) is 0. The minimum atomic E-state index is -0.221. The van der Waals surface area contributed by atoms with Crippen LogP contribution in [0.5, 0.6) is 0 Å². The predicted octanol–water partition coefficient (Wildman–Crippen LogP) is 1.64. The van der Waals surface area contributed by atoms with Crippen molar-refractivity contribution in [2.24, 2.45) is 5.92 Å². The molecular formula is C10H16N2O2. The van der Waals surface area contributed by atoms with Gasteiger partial charge in [-0.3, -0.25) is 0 Å². The van der Waals surface area contributed by atoms with Crippen LogP contribution in [0.3, 0.4) is 0 Å². The summed E-state index contributed by atoms with van der Waals surface area (Å²) in [6.45, 7) is 3.90. The van der Waals surface area contributed by atoms with E-state index in [-0.39, 0.29) is 12.0 Å². The molecule has 1 aromatic heterocycles. The lowest BCUT2D eigenvalue weighted by molar-refractivity contribution is 0.0634. The first-order valence-corrected chi connectivity index (χ1v) is 5.15. The van der Waals surface area contributed by atoms with Crippen LogP contribution in [0.2, 0.25) is 0 Å². The molecule has 3 atom stereocenters. The molecular weight excluding hydrogens is 180 g/mol. The third-order valence-corrected chi connectivity index (χ3v) is 3.05. The second kappa shape index (κ2) is 3.69. The number of aryl methyl sites for hydroxylation is 1. The van der Waals surface area contributed by atoms with E-state index in [1.165, 1.54) is 0 Å². The summed E-state index contributed by atoms with van der Waals surface area (Å²) in [6.07, 6.45) is 2.61. The molecule has 4 nitrogen and oxygen atoms in total. The molecule has 2 rings (SSSR count). The molecule has 4 heteroatoms. The second-order valence-corrected chi connectivity index (χ2v) is 4.23. The van der Waals surface area contributed by atoms with E-state index < -0.39 is 0 Å². The maximum atomic E-state index is 9.73. The minimum absolute atomic E-state index is 0.221. The zero-order valence-electron chi connectivity index (χ0n) is 8.60. The summed E-state index contributed by atoms with van der Waals surface area (Å²) in [6, 6.07) is 0. The van der Waals surface area contributed by atoms with E-state index in [1.807, 2.05) is 6.92 Å². The van der Waals surface area contributed by atoms with E-state index in [4.69, 9.17) is 4.52 Å². The first kappa shape index (κ1) is 9.65. The zero-order valence-corrected chi connectivity index (χ0v) is 8.60. The van der Waals surface area contributed by atoms with E-state index in [1.54, 1.807) is 0 Å². The first-order chi connectivity index (χ1) is 6.66. The number of aliphatic hydroxyl groups is 1.